The molecule has 1 atom stereocenters. The first-order valence-electron chi connectivity index (χ1n) is 10.4. The highest BCUT2D eigenvalue weighted by Crippen LogP contribution is 2.27. The summed E-state index contributed by atoms with van der Waals surface area (Å²) in [6, 6.07) is 11.1. The van der Waals surface area contributed by atoms with Crippen LogP contribution in [0.4, 0.5) is 15.9 Å². The highest BCUT2D eigenvalue weighted by molar-refractivity contribution is 14.0. The smallest absolute Gasteiger partial charge is 0.248 e. The molecule has 2 aromatic rings. The number of fused-ring (bicyclic) bond motifs is 1. The van der Waals surface area contributed by atoms with Gasteiger partial charge in [-0.1, -0.05) is 18.2 Å². The van der Waals surface area contributed by atoms with Crippen LogP contribution in [-0.2, 0) is 11.2 Å². The molecule has 2 N–H and O–H groups in total. The number of pyridine rings is 1. The molecule has 7 nitrogen and oxygen atoms in total. The van der Waals surface area contributed by atoms with Crippen molar-refractivity contribution in [1.82, 2.24) is 15.6 Å². The second-order valence-electron chi connectivity index (χ2n) is 7.50. The standard InChI is InChI=1S/C22H27FN6O.HI/c1-2-24-22(26-14-20(30)29-13-9-16-6-3-4-8-19(16)29)27-17-10-12-28(15-17)21-18(23)7-5-11-25-21;/h3-8,11,17H,2,9-10,12-15H2,1H3,(H2,24,26,27);1H. The van der Waals surface area contributed by atoms with E-state index in [9.17, 15) is 9.18 Å². The number of benzene rings is 1. The zero-order valence-corrected chi connectivity index (χ0v) is 19.9. The van der Waals surface area contributed by atoms with Crippen molar-refractivity contribution in [3.8, 4) is 0 Å². The molecular weight excluding hydrogens is 510 g/mol. The zero-order chi connectivity index (χ0) is 20.9. The molecule has 1 saturated heterocycles. The molecular formula is C22H28FIN6O. The van der Waals surface area contributed by atoms with Gasteiger partial charge in [-0.05, 0) is 43.5 Å². The number of hydrogen-bond acceptors (Lipinski definition) is 4. The molecule has 0 radical (unpaired) electrons. The summed E-state index contributed by atoms with van der Waals surface area (Å²) in [6.07, 6.45) is 3.33. The molecule has 166 valence electrons. The van der Waals surface area contributed by atoms with E-state index in [1.165, 1.54) is 11.6 Å². The van der Waals surface area contributed by atoms with Gasteiger partial charge < -0.3 is 20.4 Å². The van der Waals surface area contributed by atoms with Gasteiger partial charge in [0.05, 0.1) is 0 Å². The van der Waals surface area contributed by atoms with Crippen LogP contribution < -0.4 is 20.4 Å². The Labute approximate surface area is 199 Å². The predicted octanol–water partition coefficient (Wildman–Crippen LogP) is 2.56. The molecule has 4 rings (SSSR count). The first-order chi connectivity index (χ1) is 14.7. The molecule has 1 fully saturated rings. The number of aromatic nitrogens is 1. The van der Waals surface area contributed by atoms with Gasteiger partial charge >= 0.3 is 0 Å². The Morgan fingerprint density at radius 1 is 1.26 bits per heavy atom. The topological polar surface area (TPSA) is 72.9 Å². The van der Waals surface area contributed by atoms with Crippen molar-refractivity contribution in [1.29, 1.82) is 0 Å². The minimum atomic E-state index is -0.310. The quantitative estimate of drug-likeness (QED) is 0.348. The fourth-order valence-electron chi connectivity index (χ4n) is 4.02. The maximum absolute atomic E-state index is 14.0. The minimum absolute atomic E-state index is 0. The van der Waals surface area contributed by atoms with Gasteiger partial charge in [0.25, 0.3) is 0 Å². The number of guanidine groups is 1. The van der Waals surface area contributed by atoms with Crippen LogP contribution in [0.3, 0.4) is 0 Å². The predicted molar refractivity (Wildman–Crippen MR) is 132 cm³/mol. The van der Waals surface area contributed by atoms with Crippen LogP contribution in [0, 0.1) is 5.82 Å². The summed E-state index contributed by atoms with van der Waals surface area (Å²) in [5.41, 5.74) is 2.19. The molecule has 0 aliphatic carbocycles. The second-order valence-corrected chi connectivity index (χ2v) is 7.50. The third-order valence-electron chi connectivity index (χ3n) is 5.47. The number of nitrogens with one attached hydrogen (secondary N) is 2. The van der Waals surface area contributed by atoms with Gasteiger partial charge in [-0.25, -0.2) is 14.4 Å². The van der Waals surface area contributed by atoms with Gasteiger partial charge in [-0.3, -0.25) is 4.79 Å². The third kappa shape index (κ3) is 5.44. The van der Waals surface area contributed by atoms with E-state index >= 15 is 0 Å². The Kier molecular flexibility index (Phi) is 8.05. The number of anilines is 2. The lowest BCUT2D eigenvalue weighted by atomic mass is 10.2. The number of carbonyl (C=O) groups is 1. The van der Waals surface area contributed by atoms with E-state index in [0.717, 1.165) is 18.5 Å². The van der Waals surface area contributed by atoms with E-state index in [4.69, 9.17) is 0 Å². The van der Waals surface area contributed by atoms with Crippen molar-refractivity contribution >= 4 is 47.3 Å². The highest BCUT2D eigenvalue weighted by atomic mass is 127. The van der Waals surface area contributed by atoms with Crippen molar-refractivity contribution in [3.63, 3.8) is 0 Å². The van der Waals surface area contributed by atoms with E-state index in [1.807, 2.05) is 34.9 Å². The Morgan fingerprint density at radius 3 is 2.90 bits per heavy atom. The van der Waals surface area contributed by atoms with Crippen molar-refractivity contribution in [2.75, 3.05) is 42.5 Å². The van der Waals surface area contributed by atoms with Gasteiger partial charge in [-0.2, -0.15) is 0 Å². The van der Waals surface area contributed by atoms with E-state index in [0.29, 0.717) is 38.0 Å². The van der Waals surface area contributed by atoms with E-state index in [2.05, 4.69) is 26.7 Å². The first-order valence-corrected chi connectivity index (χ1v) is 10.4. The zero-order valence-electron chi connectivity index (χ0n) is 17.6. The molecule has 31 heavy (non-hydrogen) atoms. The van der Waals surface area contributed by atoms with Crippen molar-refractivity contribution in [2.24, 2.45) is 4.99 Å². The number of amides is 1. The summed E-state index contributed by atoms with van der Waals surface area (Å²) in [5.74, 6) is 0.661. The Hall–Kier alpha value is -2.43. The number of rotatable bonds is 5. The second kappa shape index (κ2) is 10.7. The number of nitrogens with zero attached hydrogens (tertiary/aromatic N) is 4. The van der Waals surface area contributed by atoms with E-state index < -0.39 is 0 Å². The van der Waals surface area contributed by atoms with Crippen LogP contribution in [-0.4, -0.2) is 55.6 Å². The summed E-state index contributed by atoms with van der Waals surface area (Å²) in [7, 11) is 0. The van der Waals surface area contributed by atoms with Crippen LogP contribution in [0.2, 0.25) is 0 Å². The van der Waals surface area contributed by atoms with Crippen molar-refractivity contribution in [3.05, 3.63) is 54.0 Å². The molecule has 3 heterocycles. The SMILES string of the molecule is CCNC(=NCC(=O)N1CCc2ccccc21)NC1CCN(c2ncccc2F)C1.I. The maximum Gasteiger partial charge on any atom is 0.248 e. The molecule has 0 bridgehead atoms. The highest BCUT2D eigenvalue weighted by Gasteiger charge is 2.27. The molecule has 9 heteroatoms. The summed E-state index contributed by atoms with van der Waals surface area (Å²) in [6.45, 7) is 4.80. The fourth-order valence-corrected chi connectivity index (χ4v) is 4.02. The van der Waals surface area contributed by atoms with Gasteiger partial charge in [0.1, 0.15) is 6.54 Å². The average molecular weight is 538 g/mol. The number of aliphatic imine (C=N–C) groups is 1. The van der Waals surface area contributed by atoms with Crippen molar-refractivity contribution < 1.29 is 9.18 Å². The summed E-state index contributed by atoms with van der Waals surface area (Å²) < 4.78 is 14.0. The molecule has 1 unspecified atom stereocenters. The number of carbonyl (C=O) groups excluding carboxylic acids is 1. The largest absolute Gasteiger partial charge is 0.357 e. The van der Waals surface area contributed by atoms with Gasteiger partial charge in [-0.15, -0.1) is 24.0 Å². The van der Waals surface area contributed by atoms with Crippen LogP contribution in [0.25, 0.3) is 0 Å². The average Bonchev–Trinajstić information content (AvgIpc) is 3.39. The van der Waals surface area contributed by atoms with E-state index in [-0.39, 0.29) is 48.3 Å². The molecule has 1 aromatic heterocycles. The molecule has 2 aliphatic rings. The summed E-state index contributed by atoms with van der Waals surface area (Å²) >= 11 is 0. The third-order valence-corrected chi connectivity index (χ3v) is 5.47. The van der Waals surface area contributed by atoms with E-state index in [1.54, 1.807) is 12.3 Å². The summed E-state index contributed by atoms with van der Waals surface area (Å²) in [4.78, 5) is 25.1. The van der Waals surface area contributed by atoms with Gasteiger partial charge in [0, 0.05) is 44.1 Å². The van der Waals surface area contributed by atoms with Crippen molar-refractivity contribution in [2.45, 2.75) is 25.8 Å². The molecule has 0 spiro atoms. The number of para-hydroxylation sites is 1. The Bertz CT molecular complexity index is 940. The molecule has 1 amide bonds. The Balaban J connectivity index is 0.00000272. The van der Waals surface area contributed by atoms with Gasteiger partial charge in [0.15, 0.2) is 17.6 Å². The fraction of sp³-hybridized carbons (Fsp3) is 0.409. The van der Waals surface area contributed by atoms with Crippen LogP contribution in [0.5, 0.6) is 0 Å². The maximum atomic E-state index is 14.0. The van der Waals surface area contributed by atoms with Crippen LogP contribution >= 0.6 is 24.0 Å². The summed E-state index contributed by atoms with van der Waals surface area (Å²) in [5, 5.41) is 6.58. The minimum Gasteiger partial charge on any atom is -0.357 e. The first kappa shape index (κ1) is 23.2. The lowest BCUT2D eigenvalue weighted by molar-refractivity contribution is -0.117. The lowest BCUT2D eigenvalue weighted by Crippen LogP contribution is -2.45. The van der Waals surface area contributed by atoms with Crippen LogP contribution in [0.1, 0.15) is 18.9 Å². The number of halogens is 2. The van der Waals surface area contributed by atoms with Gasteiger partial charge in [0.2, 0.25) is 5.91 Å². The normalized spacial score (nSPS) is 17.9. The Morgan fingerprint density at radius 2 is 2.10 bits per heavy atom. The molecule has 1 aromatic carbocycles. The van der Waals surface area contributed by atoms with Crippen LogP contribution in [0.15, 0.2) is 47.6 Å². The monoisotopic (exact) mass is 538 g/mol. The molecule has 2 aliphatic heterocycles. The number of hydrogen-bond donors (Lipinski definition) is 2. The molecule has 0 saturated carbocycles. The lowest BCUT2D eigenvalue weighted by Gasteiger charge is -2.20.